The fourth-order valence-electron chi connectivity index (χ4n) is 1.82. The van der Waals surface area contributed by atoms with Gasteiger partial charge in [0.25, 0.3) is 0 Å². The van der Waals surface area contributed by atoms with Gasteiger partial charge in [-0.3, -0.25) is 0 Å². The van der Waals surface area contributed by atoms with Crippen LogP contribution in [0.3, 0.4) is 0 Å². The maximum atomic E-state index is 4.40. The van der Waals surface area contributed by atoms with Gasteiger partial charge < -0.3 is 10.2 Å². The van der Waals surface area contributed by atoms with Crippen LogP contribution in [0.15, 0.2) is 30.5 Å². The number of aromatic nitrogens is 1. The van der Waals surface area contributed by atoms with Crippen molar-refractivity contribution >= 4 is 17.0 Å². The summed E-state index contributed by atoms with van der Waals surface area (Å²) in [6.07, 6.45) is 3.05. The van der Waals surface area contributed by atoms with Crippen LogP contribution in [0.4, 0.5) is 5.69 Å². The quantitative estimate of drug-likeness (QED) is 0.878. The summed E-state index contributed by atoms with van der Waals surface area (Å²) in [5, 5.41) is 4.61. The Morgan fingerprint density at radius 1 is 1.16 bits per heavy atom. The second-order valence-electron chi connectivity index (χ2n) is 4.74. The van der Waals surface area contributed by atoms with Crippen molar-refractivity contribution in [2.45, 2.75) is 26.4 Å². The number of nitrogens with one attached hydrogen (secondary N) is 1. The minimum absolute atomic E-state index is 0.847. The van der Waals surface area contributed by atoms with Crippen LogP contribution in [0.25, 0.3) is 0 Å². The van der Waals surface area contributed by atoms with Gasteiger partial charge in [0.05, 0.1) is 0 Å². The van der Waals surface area contributed by atoms with Gasteiger partial charge in [-0.15, -0.1) is 11.3 Å². The van der Waals surface area contributed by atoms with E-state index in [1.165, 1.54) is 21.1 Å². The molecule has 2 aromatic rings. The topological polar surface area (TPSA) is 28.2 Å². The van der Waals surface area contributed by atoms with Crippen LogP contribution < -0.4 is 10.2 Å². The Hall–Kier alpha value is -1.39. The molecule has 0 atom stereocenters. The standard InChI is InChI=1S/C15H21N3S/c1-4-14-10-17-15(19-14)11-16-9-12-5-7-13(8-6-12)18(2)3/h5-8,10,16H,4,9,11H2,1-3H3. The third kappa shape index (κ3) is 4.04. The zero-order valence-electron chi connectivity index (χ0n) is 11.8. The van der Waals surface area contributed by atoms with Crippen molar-refractivity contribution < 1.29 is 0 Å². The minimum atomic E-state index is 0.847. The molecule has 3 nitrogen and oxygen atoms in total. The fourth-order valence-corrected chi connectivity index (χ4v) is 2.65. The predicted octanol–water partition coefficient (Wildman–Crippen LogP) is 3.06. The summed E-state index contributed by atoms with van der Waals surface area (Å²) in [5.74, 6) is 0. The Kier molecular flexibility index (Phi) is 4.93. The summed E-state index contributed by atoms with van der Waals surface area (Å²) in [6.45, 7) is 3.89. The number of nitrogens with zero attached hydrogens (tertiary/aromatic N) is 2. The van der Waals surface area contributed by atoms with Crippen LogP contribution in [0.5, 0.6) is 0 Å². The lowest BCUT2D eigenvalue weighted by Crippen LogP contribution is -2.13. The number of hydrogen-bond donors (Lipinski definition) is 1. The Labute approximate surface area is 119 Å². The van der Waals surface area contributed by atoms with Gasteiger partial charge in [0.15, 0.2) is 0 Å². The van der Waals surface area contributed by atoms with E-state index in [9.17, 15) is 0 Å². The maximum Gasteiger partial charge on any atom is 0.107 e. The van der Waals surface area contributed by atoms with Gasteiger partial charge in [0.2, 0.25) is 0 Å². The predicted molar refractivity (Wildman–Crippen MR) is 82.8 cm³/mol. The molecule has 0 aliphatic heterocycles. The van der Waals surface area contributed by atoms with Gasteiger partial charge in [0, 0.05) is 43.9 Å². The second-order valence-corrected chi connectivity index (χ2v) is 5.94. The maximum absolute atomic E-state index is 4.40. The molecule has 0 amide bonds. The number of aryl methyl sites for hydroxylation is 1. The van der Waals surface area contributed by atoms with E-state index in [2.05, 4.69) is 60.5 Å². The highest BCUT2D eigenvalue weighted by atomic mass is 32.1. The average Bonchev–Trinajstić information content (AvgIpc) is 2.87. The molecular weight excluding hydrogens is 254 g/mol. The summed E-state index contributed by atoms with van der Waals surface area (Å²) in [4.78, 5) is 7.87. The molecule has 1 heterocycles. The van der Waals surface area contributed by atoms with E-state index in [1.807, 2.05) is 6.20 Å². The van der Waals surface area contributed by atoms with Crippen molar-refractivity contribution in [1.82, 2.24) is 10.3 Å². The van der Waals surface area contributed by atoms with Crippen LogP contribution in [-0.4, -0.2) is 19.1 Å². The summed E-state index contributed by atoms with van der Waals surface area (Å²) < 4.78 is 0. The van der Waals surface area contributed by atoms with Crippen LogP contribution >= 0.6 is 11.3 Å². The number of rotatable bonds is 6. The van der Waals surface area contributed by atoms with Gasteiger partial charge in [-0.2, -0.15) is 0 Å². The number of hydrogen-bond acceptors (Lipinski definition) is 4. The van der Waals surface area contributed by atoms with Crippen LogP contribution in [0.2, 0.25) is 0 Å². The van der Waals surface area contributed by atoms with Gasteiger partial charge in [-0.1, -0.05) is 19.1 Å². The van der Waals surface area contributed by atoms with Crippen molar-refractivity contribution in [2.75, 3.05) is 19.0 Å². The van der Waals surface area contributed by atoms with Crippen molar-refractivity contribution in [1.29, 1.82) is 0 Å². The normalized spacial score (nSPS) is 10.7. The zero-order chi connectivity index (χ0) is 13.7. The molecule has 1 N–H and O–H groups in total. The molecule has 4 heteroatoms. The molecule has 0 saturated heterocycles. The Morgan fingerprint density at radius 2 is 1.89 bits per heavy atom. The van der Waals surface area contributed by atoms with Crippen molar-refractivity contribution in [3.05, 3.63) is 45.9 Å². The second kappa shape index (κ2) is 6.68. The summed E-state index contributed by atoms with van der Waals surface area (Å²) in [5.41, 5.74) is 2.54. The summed E-state index contributed by atoms with van der Waals surface area (Å²) >= 11 is 1.79. The highest BCUT2D eigenvalue weighted by Gasteiger charge is 2.00. The number of thiazole rings is 1. The van der Waals surface area contributed by atoms with E-state index in [4.69, 9.17) is 0 Å². The van der Waals surface area contributed by atoms with Crippen molar-refractivity contribution in [3.8, 4) is 0 Å². The highest BCUT2D eigenvalue weighted by molar-refractivity contribution is 7.11. The number of benzene rings is 1. The van der Waals surface area contributed by atoms with Crippen LogP contribution in [0.1, 0.15) is 22.4 Å². The molecule has 2 rings (SSSR count). The van der Waals surface area contributed by atoms with Crippen molar-refractivity contribution in [2.24, 2.45) is 0 Å². The number of anilines is 1. The molecule has 0 aliphatic carbocycles. The molecule has 0 radical (unpaired) electrons. The van der Waals surface area contributed by atoms with E-state index in [1.54, 1.807) is 11.3 Å². The average molecular weight is 275 g/mol. The molecule has 0 bridgehead atoms. The first-order valence-corrected chi connectivity index (χ1v) is 7.41. The van der Waals surface area contributed by atoms with Crippen LogP contribution in [0, 0.1) is 0 Å². The lowest BCUT2D eigenvalue weighted by atomic mass is 10.2. The molecule has 19 heavy (non-hydrogen) atoms. The van der Waals surface area contributed by atoms with Gasteiger partial charge in [0.1, 0.15) is 5.01 Å². The van der Waals surface area contributed by atoms with E-state index in [-0.39, 0.29) is 0 Å². The van der Waals surface area contributed by atoms with E-state index < -0.39 is 0 Å². The van der Waals surface area contributed by atoms with E-state index in [0.717, 1.165) is 19.5 Å². The molecule has 0 saturated carbocycles. The molecule has 0 fully saturated rings. The minimum Gasteiger partial charge on any atom is -0.378 e. The summed E-state index contributed by atoms with van der Waals surface area (Å²) in [6, 6.07) is 8.63. The SMILES string of the molecule is CCc1cnc(CNCc2ccc(N(C)C)cc2)s1. The molecule has 0 unspecified atom stereocenters. The fraction of sp³-hybridized carbons (Fsp3) is 0.400. The lowest BCUT2D eigenvalue weighted by Gasteiger charge is -2.12. The first-order valence-electron chi connectivity index (χ1n) is 6.59. The molecule has 1 aromatic heterocycles. The highest BCUT2D eigenvalue weighted by Crippen LogP contribution is 2.14. The summed E-state index contributed by atoms with van der Waals surface area (Å²) in [7, 11) is 4.11. The first kappa shape index (κ1) is 14.0. The Balaban J connectivity index is 1.82. The molecule has 0 aliphatic rings. The third-order valence-electron chi connectivity index (χ3n) is 3.01. The first-order chi connectivity index (χ1) is 9.19. The molecule has 1 aromatic carbocycles. The zero-order valence-corrected chi connectivity index (χ0v) is 12.6. The molecular formula is C15H21N3S. The van der Waals surface area contributed by atoms with Gasteiger partial charge in [-0.25, -0.2) is 4.98 Å². The Morgan fingerprint density at radius 3 is 2.47 bits per heavy atom. The Bertz CT molecular complexity index is 502. The third-order valence-corrected chi connectivity index (χ3v) is 4.15. The van der Waals surface area contributed by atoms with Crippen LogP contribution in [-0.2, 0) is 19.5 Å². The smallest absolute Gasteiger partial charge is 0.107 e. The largest absolute Gasteiger partial charge is 0.378 e. The van der Waals surface area contributed by atoms with E-state index in [0.29, 0.717) is 0 Å². The molecule has 0 spiro atoms. The van der Waals surface area contributed by atoms with Crippen molar-refractivity contribution in [3.63, 3.8) is 0 Å². The molecule has 102 valence electrons. The lowest BCUT2D eigenvalue weighted by molar-refractivity contribution is 0.690. The van der Waals surface area contributed by atoms with Gasteiger partial charge >= 0.3 is 0 Å². The van der Waals surface area contributed by atoms with E-state index >= 15 is 0 Å². The monoisotopic (exact) mass is 275 g/mol. The van der Waals surface area contributed by atoms with Gasteiger partial charge in [-0.05, 0) is 24.1 Å².